The Balaban J connectivity index is 1.67. The lowest BCUT2D eigenvalue weighted by atomic mass is 9.91. The topological polar surface area (TPSA) is 44.9 Å². The quantitative estimate of drug-likeness (QED) is 0.505. The molecule has 5 heteroatoms. The van der Waals surface area contributed by atoms with Crippen molar-refractivity contribution in [2.24, 2.45) is 0 Å². The fourth-order valence-corrected chi connectivity index (χ4v) is 3.47. The van der Waals surface area contributed by atoms with Gasteiger partial charge in [0.25, 0.3) is 5.91 Å². The largest absolute Gasteiger partial charge is 0.361 e. The molecule has 0 spiro atoms. The van der Waals surface area contributed by atoms with Gasteiger partial charge in [0.1, 0.15) is 17.2 Å². The second-order valence-electron chi connectivity index (χ2n) is 6.56. The Morgan fingerprint density at radius 1 is 0.893 bits per heavy atom. The van der Waals surface area contributed by atoms with Gasteiger partial charge in [0.2, 0.25) is 0 Å². The van der Waals surface area contributed by atoms with Crippen LogP contribution in [0.2, 0.25) is 0 Å². The van der Waals surface area contributed by atoms with Gasteiger partial charge in [0.15, 0.2) is 0 Å². The summed E-state index contributed by atoms with van der Waals surface area (Å²) < 4.78 is 27.8. The summed E-state index contributed by atoms with van der Waals surface area (Å²) in [6.07, 6.45) is 1.91. The first-order valence-electron chi connectivity index (χ1n) is 8.98. The number of nitrogens with one attached hydrogen (secondary N) is 2. The molecule has 0 aliphatic carbocycles. The number of carbonyl (C=O) groups is 1. The van der Waals surface area contributed by atoms with Gasteiger partial charge in [-0.25, -0.2) is 8.78 Å². The summed E-state index contributed by atoms with van der Waals surface area (Å²) >= 11 is 0. The van der Waals surface area contributed by atoms with Gasteiger partial charge in [-0.05, 0) is 29.3 Å². The lowest BCUT2D eigenvalue weighted by Gasteiger charge is -2.18. The van der Waals surface area contributed by atoms with Crippen LogP contribution >= 0.6 is 0 Å². The van der Waals surface area contributed by atoms with E-state index in [1.54, 1.807) is 0 Å². The third-order valence-corrected chi connectivity index (χ3v) is 4.86. The maximum Gasteiger partial charge on any atom is 0.257 e. The molecule has 1 heterocycles. The van der Waals surface area contributed by atoms with Crippen LogP contribution in [0.15, 0.2) is 79.0 Å². The zero-order valence-electron chi connectivity index (χ0n) is 15.0. The Bertz CT molecular complexity index is 1100. The SMILES string of the molecule is O=C(NCC(c1ccccc1)c1c[nH]c2ccccc12)c1c(F)cccc1F. The van der Waals surface area contributed by atoms with Crippen LogP contribution in [0.3, 0.4) is 0 Å². The lowest BCUT2D eigenvalue weighted by Crippen LogP contribution is -2.30. The number of halogens is 2. The highest BCUT2D eigenvalue weighted by molar-refractivity contribution is 5.95. The number of carbonyl (C=O) groups excluding carboxylic acids is 1. The summed E-state index contributed by atoms with van der Waals surface area (Å²) in [7, 11) is 0. The predicted octanol–water partition coefficient (Wildman–Crippen LogP) is 5.01. The molecule has 3 aromatic carbocycles. The summed E-state index contributed by atoms with van der Waals surface area (Å²) in [5.74, 6) is -2.69. The highest BCUT2D eigenvalue weighted by atomic mass is 19.1. The molecule has 0 saturated heterocycles. The molecule has 1 atom stereocenters. The van der Waals surface area contributed by atoms with Crippen LogP contribution in [-0.2, 0) is 0 Å². The monoisotopic (exact) mass is 376 g/mol. The van der Waals surface area contributed by atoms with Crippen molar-refractivity contribution in [2.45, 2.75) is 5.92 Å². The second kappa shape index (κ2) is 7.64. The molecule has 0 aliphatic heterocycles. The maximum atomic E-state index is 13.9. The number of aromatic amines is 1. The number of rotatable bonds is 5. The molecule has 0 fully saturated rings. The van der Waals surface area contributed by atoms with Crippen molar-refractivity contribution in [3.05, 3.63) is 107 Å². The van der Waals surface area contributed by atoms with Crippen LogP contribution in [0, 0.1) is 11.6 Å². The van der Waals surface area contributed by atoms with Crippen LogP contribution in [0.25, 0.3) is 10.9 Å². The molecule has 0 bridgehead atoms. The molecular weight excluding hydrogens is 358 g/mol. The number of hydrogen-bond donors (Lipinski definition) is 2. The third kappa shape index (κ3) is 3.39. The van der Waals surface area contributed by atoms with E-state index in [1.165, 1.54) is 6.07 Å². The number of amides is 1. The fraction of sp³-hybridized carbons (Fsp3) is 0.0870. The van der Waals surface area contributed by atoms with E-state index in [-0.39, 0.29) is 12.5 Å². The van der Waals surface area contributed by atoms with Crippen molar-refractivity contribution >= 4 is 16.8 Å². The van der Waals surface area contributed by atoms with E-state index in [4.69, 9.17) is 0 Å². The van der Waals surface area contributed by atoms with E-state index in [2.05, 4.69) is 10.3 Å². The first-order chi connectivity index (χ1) is 13.6. The van der Waals surface area contributed by atoms with Gasteiger partial charge in [0.05, 0.1) is 0 Å². The molecule has 4 rings (SSSR count). The average Bonchev–Trinajstić information content (AvgIpc) is 3.13. The molecule has 0 aliphatic rings. The first-order valence-corrected chi connectivity index (χ1v) is 8.98. The van der Waals surface area contributed by atoms with Crippen LogP contribution in [-0.4, -0.2) is 17.4 Å². The minimum atomic E-state index is -0.874. The highest BCUT2D eigenvalue weighted by Gasteiger charge is 2.22. The van der Waals surface area contributed by atoms with Crippen LogP contribution in [0.4, 0.5) is 8.78 Å². The molecule has 3 nitrogen and oxygen atoms in total. The molecule has 28 heavy (non-hydrogen) atoms. The van der Waals surface area contributed by atoms with Crippen molar-refractivity contribution < 1.29 is 13.6 Å². The minimum absolute atomic E-state index is 0.170. The van der Waals surface area contributed by atoms with Crippen molar-refractivity contribution in [1.82, 2.24) is 10.3 Å². The summed E-state index contributed by atoms with van der Waals surface area (Å²) in [4.78, 5) is 15.7. The van der Waals surface area contributed by atoms with Crippen molar-refractivity contribution in [3.8, 4) is 0 Å². The van der Waals surface area contributed by atoms with Gasteiger partial charge in [-0.1, -0.05) is 54.6 Å². The fourth-order valence-electron chi connectivity index (χ4n) is 3.47. The van der Waals surface area contributed by atoms with Gasteiger partial charge in [-0.15, -0.1) is 0 Å². The molecule has 0 saturated carbocycles. The molecule has 1 aromatic heterocycles. The minimum Gasteiger partial charge on any atom is -0.361 e. The third-order valence-electron chi connectivity index (χ3n) is 4.86. The number of hydrogen-bond acceptors (Lipinski definition) is 1. The van der Waals surface area contributed by atoms with Gasteiger partial charge >= 0.3 is 0 Å². The van der Waals surface area contributed by atoms with Crippen molar-refractivity contribution in [2.75, 3.05) is 6.54 Å². The summed E-state index contributed by atoms with van der Waals surface area (Å²) in [6.45, 7) is 0.207. The Morgan fingerprint density at radius 3 is 2.32 bits per heavy atom. The highest BCUT2D eigenvalue weighted by Crippen LogP contribution is 2.30. The Hall–Kier alpha value is -3.47. The van der Waals surface area contributed by atoms with Crippen LogP contribution in [0.1, 0.15) is 27.4 Å². The second-order valence-corrected chi connectivity index (χ2v) is 6.56. The smallest absolute Gasteiger partial charge is 0.257 e. The summed E-state index contributed by atoms with van der Waals surface area (Å²) in [6, 6.07) is 21.0. The molecule has 4 aromatic rings. The van der Waals surface area contributed by atoms with Gasteiger partial charge < -0.3 is 10.3 Å². The Morgan fingerprint density at radius 2 is 1.57 bits per heavy atom. The summed E-state index contributed by atoms with van der Waals surface area (Å²) in [5, 5.41) is 3.74. The number of benzene rings is 3. The number of H-pyrrole nitrogens is 1. The van der Waals surface area contributed by atoms with E-state index in [9.17, 15) is 13.6 Å². The average molecular weight is 376 g/mol. The van der Waals surface area contributed by atoms with E-state index >= 15 is 0 Å². The Kier molecular flexibility index (Phi) is 4.89. The molecule has 1 unspecified atom stereocenters. The van der Waals surface area contributed by atoms with Gasteiger partial charge in [0, 0.05) is 29.6 Å². The predicted molar refractivity (Wildman–Crippen MR) is 105 cm³/mol. The standard InChI is InChI=1S/C23H18F2N2O/c24-19-10-6-11-20(25)22(19)23(28)27-13-17(15-7-2-1-3-8-15)18-14-26-21-12-5-4-9-16(18)21/h1-12,14,17,26H,13H2,(H,27,28). The van der Waals surface area contributed by atoms with E-state index in [1.807, 2.05) is 60.8 Å². The normalized spacial score (nSPS) is 12.1. The molecule has 0 radical (unpaired) electrons. The summed E-state index contributed by atoms with van der Waals surface area (Å²) in [5.41, 5.74) is 2.44. The van der Waals surface area contributed by atoms with E-state index in [0.29, 0.717) is 0 Å². The number of fused-ring (bicyclic) bond motifs is 1. The lowest BCUT2D eigenvalue weighted by molar-refractivity contribution is 0.0944. The Labute approximate surface area is 161 Å². The molecule has 1 amide bonds. The molecular formula is C23H18F2N2O. The van der Waals surface area contributed by atoms with Gasteiger partial charge in [-0.2, -0.15) is 0 Å². The molecule has 140 valence electrons. The van der Waals surface area contributed by atoms with Crippen LogP contribution < -0.4 is 5.32 Å². The molecule has 2 N–H and O–H groups in total. The maximum absolute atomic E-state index is 13.9. The van der Waals surface area contributed by atoms with Crippen LogP contribution in [0.5, 0.6) is 0 Å². The zero-order chi connectivity index (χ0) is 19.5. The van der Waals surface area contributed by atoms with Crippen molar-refractivity contribution in [3.63, 3.8) is 0 Å². The number of para-hydroxylation sites is 1. The zero-order valence-corrected chi connectivity index (χ0v) is 15.0. The number of aromatic nitrogens is 1. The van der Waals surface area contributed by atoms with E-state index < -0.39 is 23.1 Å². The van der Waals surface area contributed by atoms with Gasteiger partial charge in [-0.3, -0.25) is 4.79 Å². The first kappa shape index (κ1) is 17.9. The van der Waals surface area contributed by atoms with Crippen molar-refractivity contribution in [1.29, 1.82) is 0 Å². The van der Waals surface area contributed by atoms with E-state index in [0.717, 1.165) is 34.2 Å².